The highest BCUT2D eigenvalue weighted by Gasteiger charge is 2.44. The van der Waals surface area contributed by atoms with Gasteiger partial charge >= 0.3 is 0 Å². The smallest absolute Gasteiger partial charge is 0.289 e. The van der Waals surface area contributed by atoms with Crippen LogP contribution in [0.5, 0.6) is 11.5 Å². The van der Waals surface area contributed by atoms with E-state index >= 15 is 0 Å². The largest absolute Gasteiger partial charge is 0.493 e. The molecular weight excluding hydrogens is 382 g/mol. The van der Waals surface area contributed by atoms with Gasteiger partial charge in [-0.25, -0.2) is 0 Å². The summed E-state index contributed by atoms with van der Waals surface area (Å²) in [6.45, 7) is 1.29. The summed E-state index contributed by atoms with van der Waals surface area (Å²) in [6.07, 6.45) is 0.434. The highest BCUT2D eigenvalue weighted by Crippen LogP contribution is 2.40. The topological polar surface area (TPSA) is 72.1 Å². The molecule has 2 fully saturated rings. The maximum atomic E-state index is 13.0. The fourth-order valence-electron chi connectivity index (χ4n) is 4.81. The van der Waals surface area contributed by atoms with Crippen molar-refractivity contribution in [1.29, 1.82) is 0 Å². The molecule has 1 N–H and O–H groups in total. The Bertz CT molecular complexity index is 1030. The van der Waals surface area contributed by atoms with Crippen LogP contribution in [0.25, 0.3) is 11.0 Å². The number of nitrogens with zero attached hydrogens (tertiary/aromatic N) is 1. The molecule has 6 heteroatoms. The van der Waals surface area contributed by atoms with E-state index in [9.17, 15) is 9.90 Å². The Kier molecular flexibility index (Phi) is 4.87. The number of aliphatic hydroxyl groups excluding tert-OH is 1. The van der Waals surface area contributed by atoms with E-state index in [1.165, 1.54) is 0 Å². The minimum atomic E-state index is -0.572. The third-order valence-corrected chi connectivity index (χ3v) is 6.36. The van der Waals surface area contributed by atoms with E-state index in [2.05, 4.69) is 0 Å². The van der Waals surface area contributed by atoms with Crippen molar-refractivity contribution in [2.75, 3.05) is 20.2 Å². The Labute approximate surface area is 175 Å². The monoisotopic (exact) mass is 407 g/mol. The summed E-state index contributed by atoms with van der Waals surface area (Å²) >= 11 is 0. The summed E-state index contributed by atoms with van der Waals surface area (Å²) in [7, 11) is 1.61. The van der Waals surface area contributed by atoms with Crippen molar-refractivity contribution >= 4 is 16.9 Å². The zero-order valence-corrected chi connectivity index (χ0v) is 16.9. The second-order valence-electron chi connectivity index (χ2n) is 8.22. The lowest BCUT2D eigenvalue weighted by Gasteiger charge is -2.35. The first-order chi connectivity index (χ1) is 14.6. The number of carbonyl (C=O) groups excluding carboxylic acids is 1. The average molecular weight is 407 g/mol. The van der Waals surface area contributed by atoms with Crippen LogP contribution >= 0.6 is 0 Å². The van der Waals surface area contributed by atoms with Crippen molar-refractivity contribution in [3.63, 3.8) is 0 Å². The van der Waals surface area contributed by atoms with Crippen molar-refractivity contribution in [1.82, 2.24) is 4.90 Å². The van der Waals surface area contributed by atoms with E-state index in [0.29, 0.717) is 49.1 Å². The van der Waals surface area contributed by atoms with Crippen molar-refractivity contribution in [3.8, 4) is 11.5 Å². The summed E-state index contributed by atoms with van der Waals surface area (Å²) in [6, 6.07) is 16.9. The number of rotatable bonds is 4. The molecule has 30 heavy (non-hydrogen) atoms. The van der Waals surface area contributed by atoms with E-state index in [0.717, 1.165) is 11.0 Å². The van der Waals surface area contributed by atoms with Gasteiger partial charge in [0.2, 0.25) is 0 Å². The molecule has 0 radical (unpaired) electrons. The van der Waals surface area contributed by atoms with Crippen LogP contribution in [0.1, 0.15) is 23.4 Å². The lowest BCUT2D eigenvalue weighted by atomic mass is 9.78. The molecule has 0 bridgehead atoms. The van der Waals surface area contributed by atoms with Gasteiger partial charge in [-0.3, -0.25) is 4.79 Å². The maximum absolute atomic E-state index is 13.0. The predicted molar refractivity (Wildman–Crippen MR) is 112 cm³/mol. The molecular formula is C24H25NO5. The Hall–Kier alpha value is -2.99. The highest BCUT2D eigenvalue weighted by atomic mass is 16.5. The number of benzene rings is 2. The average Bonchev–Trinajstić information content (AvgIpc) is 3.37. The Balaban J connectivity index is 1.29. The second kappa shape index (κ2) is 7.69. The van der Waals surface area contributed by atoms with Gasteiger partial charge in [-0.05, 0) is 48.9 Å². The minimum absolute atomic E-state index is 0.0858. The second-order valence-corrected chi connectivity index (χ2v) is 8.22. The molecule has 1 aromatic heterocycles. The van der Waals surface area contributed by atoms with Gasteiger partial charge in [0.15, 0.2) is 17.3 Å². The van der Waals surface area contributed by atoms with E-state index in [1.54, 1.807) is 7.11 Å². The van der Waals surface area contributed by atoms with Crippen LogP contribution in [0, 0.1) is 11.8 Å². The fraction of sp³-hybridized carbons (Fsp3) is 0.375. The fourth-order valence-corrected chi connectivity index (χ4v) is 4.81. The summed E-state index contributed by atoms with van der Waals surface area (Å²) in [5.74, 6) is 2.14. The molecule has 2 aliphatic rings. The van der Waals surface area contributed by atoms with Crippen LogP contribution in [-0.2, 0) is 0 Å². The number of furan rings is 1. The summed E-state index contributed by atoms with van der Waals surface area (Å²) in [4.78, 5) is 14.9. The van der Waals surface area contributed by atoms with Crippen LogP contribution in [0.2, 0.25) is 0 Å². The number of likely N-dealkylation sites (tertiary alicyclic amines) is 1. The molecule has 1 saturated carbocycles. The number of methoxy groups -OCH3 is 1. The molecule has 4 atom stereocenters. The molecule has 156 valence electrons. The number of aliphatic hydroxyl groups is 1. The van der Waals surface area contributed by atoms with E-state index in [-0.39, 0.29) is 17.9 Å². The number of amides is 1. The van der Waals surface area contributed by atoms with Gasteiger partial charge < -0.3 is 23.9 Å². The van der Waals surface area contributed by atoms with Gasteiger partial charge in [-0.1, -0.05) is 30.3 Å². The van der Waals surface area contributed by atoms with Gasteiger partial charge in [0, 0.05) is 18.5 Å². The first kappa shape index (κ1) is 19.0. The van der Waals surface area contributed by atoms with Crippen LogP contribution in [0.15, 0.2) is 59.0 Å². The lowest BCUT2D eigenvalue weighted by Crippen LogP contribution is -2.42. The lowest BCUT2D eigenvalue weighted by molar-refractivity contribution is -0.0240. The van der Waals surface area contributed by atoms with E-state index in [1.807, 2.05) is 59.5 Å². The standard InChI is InChI=1S/C24H25NO5/c1-28-20-8-4-5-9-21(20)30-22-12-17-14-25(13-16(17)10-18(22)26)24(27)23-11-15-6-2-3-7-19(15)29-23/h2-9,11,16-18,22,26H,10,12-14H2,1H3/t16-,17+,18+,22+/m0/s1. The van der Waals surface area contributed by atoms with Gasteiger partial charge in [0.05, 0.1) is 13.2 Å². The van der Waals surface area contributed by atoms with Gasteiger partial charge in [0.1, 0.15) is 11.7 Å². The summed E-state index contributed by atoms with van der Waals surface area (Å²) < 4.78 is 17.2. The number of fused-ring (bicyclic) bond motifs is 2. The van der Waals surface area contributed by atoms with Crippen molar-refractivity contribution < 1.29 is 23.8 Å². The SMILES string of the molecule is COc1ccccc1O[C@@H]1C[C@@H]2CN(C(=O)c3cc4ccccc4o3)C[C@@H]2C[C@H]1O. The molecule has 5 rings (SSSR count). The van der Waals surface area contributed by atoms with E-state index in [4.69, 9.17) is 13.9 Å². The van der Waals surface area contributed by atoms with Crippen molar-refractivity contribution in [2.45, 2.75) is 25.0 Å². The molecule has 1 aliphatic carbocycles. The maximum Gasteiger partial charge on any atom is 0.289 e. The number of hydrogen-bond acceptors (Lipinski definition) is 5. The zero-order valence-electron chi connectivity index (χ0n) is 16.9. The highest BCUT2D eigenvalue weighted by molar-refractivity contribution is 5.96. The summed E-state index contributed by atoms with van der Waals surface area (Å²) in [5.41, 5.74) is 0.721. The third-order valence-electron chi connectivity index (χ3n) is 6.36. The van der Waals surface area contributed by atoms with Crippen LogP contribution in [0.4, 0.5) is 0 Å². The van der Waals surface area contributed by atoms with Gasteiger partial charge in [0.25, 0.3) is 5.91 Å². The number of carbonyl (C=O) groups is 1. The Morgan fingerprint density at radius 2 is 1.73 bits per heavy atom. The molecule has 6 nitrogen and oxygen atoms in total. The van der Waals surface area contributed by atoms with Gasteiger partial charge in [-0.15, -0.1) is 0 Å². The molecule has 1 amide bonds. The van der Waals surface area contributed by atoms with E-state index < -0.39 is 6.10 Å². The number of ether oxygens (including phenoxy) is 2. The van der Waals surface area contributed by atoms with Crippen LogP contribution in [0.3, 0.4) is 0 Å². The Morgan fingerprint density at radius 3 is 2.50 bits per heavy atom. The molecule has 1 saturated heterocycles. The first-order valence-corrected chi connectivity index (χ1v) is 10.4. The molecule has 2 heterocycles. The van der Waals surface area contributed by atoms with Crippen molar-refractivity contribution in [2.24, 2.45) is 11.8 Å². The first-order valence-electron chi connectivity index (χ1n) is 10.4. The molecule has 2 aromatic carbocycles. The normalized spacial score (nSPS) is 25.9. The molecule has 0 spiro atoms. The summed E-state index contributed by atoms with van der Waals surface area (Å²) in [5, 5.41) is 11.6. The molecule has 0 unspecified atom stereocenters. The minimum Gasteiger partial charge on any atom is -0.493 e. The Morgan fingerprint density at radius 1 is 1.03 bits per heavy atom. The number of para-hydroxylation sites is 3. The molecule has 3 aromatic rings. The van der Waals surface area contributed by atoms with Crippen molar-refractivity contribution in [3.05, 3.63) is 60.4 Å². The van der Waals surface area contributed by atoms with Gasteiger partial charge in [-0.2, -0.15) is 0 Å². The van der Waals surface area contributed by atoms with Crippen LogP contribution in [-0.4, -0.2) is 48.3 Å². The molecule has 1 aliphatic heterocycles. The predicted octanol–water partition coefficient (Wildman–Crippen LogP) is 3.73. The zero-order chi connectivity index (χ0) is 20.7. The van der Waals surface area contributed by atoms with Crippen LogP contribution < -0.4 is 9.47 Å². The third kappa shape index (κ3) is 3.41. The number of hydrogen-bond donors (Lipinski definition) is 1. The quantitative estimate of drug-likeness (QED) is 0.714.